The molecule has 1 aliphatic heterocycles. The minimum Gasteiger partial charge on any atom is -0.487 e. The van der Waals surface area contributed by atoms with Gasteiger partial charge < -0.3 is 19.3 Å². The molecule has 31 heavy (non-hydrogen) atoms. The largest absolute Gasteiger partial charge is 0.487 e. The molecule has 0 spiro atoms. The molecule has 1 aromatic carbocycles. The van der Waals surface area contributed by atoms with Gasteiger partial charge in [-0.25, -0.2) is 4.98 Å². The molecule has 1 saturated heterocycles. The van der Waals surface area contributed by atoms with Crippen molar-refractivity contribution in [1.29, 1.82) is 0 Å². The van der Waals surface area contributed by atoms with Crippen molar-refractivity contribution < 1.29 is 23.9 Å². The van der Waals surface area contributed by atoms with E-state index in [0.29, 0.717) is 44.0 Å². The lowest BCUT2D eigenvalue weighted by Gasteiger charge is -2.32. The molecule has 2 heterocycles. The van der Waals surface area contributed by atoms with Crippen LogP contribution in [0.5, 0.6) is 5.75 Å². The van der Waals surface area contributed by atoms with Gasteiger partial charge in [-0.05, 0) is 38.0 Å². The van der Waals surface area contributed by atoms with Crippen LogP contribution in [-0.2, 0) is 20.9 Å². The lowest BCUT2D eigenvalue weighted by molar-refractivity contribution is -0.151. The summed E-state index contributed by atoms with van der Waals surface area (Å²) in [6.07, 6.45) is 1.45. The Hall–Kier alpha value is -2.94. The van der Waals surface area contributed by atoms with Crippen molar-refractivity contribution in [3.8, 4) is 5.75 Å². The number of esters is 1. The molecule has 2 aromatic rings. The summed E-state index contributed by atoms with van der Waals surface area (Å²) in [5.41, 5.74) is 3.00. The zero-order valence-corrected chi connectivity index (χ0v) is 18.6. The molecule has 8 nitrogen and oxygen atoms in total. The van der Waals surface area contributed by atoms with E-state index < -0.39 is 0 Å². The molecular weight excluding hydrogens is 418 g/mol. The van der Waals surface area contributed by atoms with Crippen LogP contribution in [-0.4, -0.2) is 65.9 Å². The minimum atomic E-state index is -0.301. The average Bonchev–Trinajstić information content (AvgIpc) is 3.31. The first-order chi connectivity index (χ1) is 15.0. The van der Waals surface area contributed by atoms with Gasteiger partial charge in [-0.3, -0.25) is 14.4 Å². The number of nitrogens with zero attached hydrogens (tertiary/aromatic N) is 3. The Morgan fingerprint density at radius 1 is 1.32 bits per heavy atom. The van der Waals surface area contributed by atoms with Crippen molar-refractivity contribution in [2.24, 2.45) is 5.92 Å². The van der Waals surface area contributed by atoms with Gasteiger partial charge in [0.1, 0.15) is 12.4 Å². The number of aromatic nitrogens is 1. The van der Waals surface area contributed by atoms with Gasteiger partial charge in [0.2, 0.25) is 5.91 Å². The maximum absolute atomic E-state index is 12.8. The Morgan fingerprint density at radius 3 is 2.90 bits per heavy atom. The summed E-state index contributed by atoms with van der Waals surface area (Å²) in [7, 11) is 1.59. The third-order valence-electron chi connectivity index (χ3n) is 5.06. The number of rotatable bonds is 8. The van der Waals surface area contributed by atoms with Crippen molar-refractivity contribution in [2.75, 3.05) is 33.3 Å². The van der Waals surface area contributed by atoms with Gasteiger partial charge in [-0.1, -0.05) is 6.07 Å². The highest BCUT2D eigenvalue weighted by molar-refractivity contribution is 7.07. The molecule has 1 aromatic heterocycles. The van der Waals surface area contributed by atoms with Crippen LogP contribution in [0.4, 0.5) is 0 Å². The number of thiazole rings is 1. The van der Waals surface area contributed by atoms with Crippen LogP contribution in [0.2, 0.25) is 0 Å². The summed E-state index contributed by atoms with van der Waals surface area (Å²) in [6.45, 7) is 3.27. The number of hydrogen-bond acceptors (Lipinski definition) is 7. The van der Waals surface area contributed by atoms with Crippen LogP contribution in [0.15, 0.2) is 35.2 Å². The average molecular weight is 446 g/mol. The topological polar surface area (TPSA) is 89.0 Å². The van der Waals surface area contributed by atoms with Crippen molar-refractivity contribution in [2.45, 2.75) is 26.4 Å². The SMILES string of the molecule is CCOC(=O)C1CCCN(C(=O)CN(C)C(=O)c2cccc(OCc3cscn3)c2)C1. The Labute approximate surface area is 185 Å². The van der Waals surface area contributed by atoms with Gasteiger partial charge in [0.05, 0.1) is 30.3 Å². The third kappa shape index (κ3) is 6.27. The summed E-state index contributed by atoms with van der Waals surface area (Å²) in [4.78, 5) is 44.7. The number of ether oxygens (including phenoxy) is 2. The van der Waals surface area contributed by atoms with Crippen LogP contribution < -0.4 is 4.74 Å². The molecule has 1 unspecified atom stereocenters. The lowest BCUT2D eigenvalue weighted by Crippen LogP contribution is -2.47. The number of likely N-dealkylation sites (N-methyl/N-ethyl adjacent to an activating group) is 1. The Balaban J connectivity index is 1.55. The molecular formula is C22H27N3O5S. The highest BCUT2D eigenvalue weighted by Crippen LogP contribution is 2.19. The van der Waals surface area contributed by atoms with Crippen LogP contribution in [0.25, 0.3) is 0 Å². The molecule has 0 N–H and O–H groups in total. The number of amides is 2. The first kappa shape index (κ1) is 22.7. The van der Waals surface area contributed by atoms with Gasteiger partial charge in [-0.15, -0.1) is 11.3 Å². The zero-order valence-electron chi connectivity index (χ0n) is 17.8. The second-order valence-corrected chi connectivity index (χ2v) is 8.11. The first-order valence-electron chi connectivity index (χ1n) is 10.3. The smallest absolute Gasteiger partial charge is 0.310 e. The number of likely N-dealkylation sites (tertiary alicyclic amines) is 1. The molecule has 2 amide bonds. The Morgan fingerprint density at radius 2 is 2.16 bits per heavy atom. The molecule has 3 rings (SSSR count). The van der Waals surface area contributed by atoms with Crippen LogP contribution >= 0.6 is 11.3 Å². The van der Waals surface area contributed by atoms with Gasteiger partial charge in [-0.2, -0.15) is 0 Å². The summed E-state index contributed by atoms with van der Waals surface area (Å²) < 4.78 is 10.8. The lowest BCUT2D eigenvalue weighted by atomic mass is 9.98. The number of carbonyl (C=O) groups excluding carboxylic acids is 3. The number of piperidine rings is 1. The second-order valence-electron chi connectivity index (χ2n) is 7.39. The molecule has 166 valence electrons. The standard InChI is InChI=1S/C22H27N3O5S/c1-3-29-22(28)17-7-5-9-25(11-17)20(26)12-24(2)21(27)16-6-4-8-19(10-16)30-13-18-14-31-15-23-18/h4,6,8,10,14-15,17H,3,5,7,9,11-13H2,1-2H3. The zero-order chi connectivity index (χ0) is 22.2. The maximum Gasteiger partial charge on any atom is 0.310 e. The third-order valence-corrected chi connectivity index (χ3v) is 5.70. The summed E-state index contributed by atoms with van der Waals surface area (Å²) in [5.74, 6) is -0.455. The van der Waals surface area contributed by atoms with Gasteiger partial charge in [0, 0.05) is 31.1 Å². The van der Waals surface area contributed by atoms with Crippen molar-refractivity contribution in [3.05, 3.63) is 46.4 Å². The fourth-order valence-corrected chi connectivity index (χ4v) is 3.98. The van der Waals surface area contributed by atoms with E-state index in [1.807, 2.05) is 5.38 Å². The number of hydrogen-bond donors (Lipinski definition) is 0. The Kier molecular flexibility index (Phi) is 8.00. The monoisotopic (exact) mass is 445 g/mol. The molecule has 9 heteroatoms. The quantitative estimate of drug-likeness (QED) is 0.581. The summed E-state index contributed by atoms with van der Waals surface area (Å²) >= 11 is 1.49. The predicted molar refractivity (Wildman–Crippen MR) is 116 cm³/mol. The van der Waals surface area contributed by atoms with Gasteiger partial charge in [0.15, 0.2) is 0 Å². The van der Waals surface area contributed by atoms with E-state index in [0.717, 1.165) is 12.1 Å². The molecule has 0 aliphatic carbocycles. The first-order valence-corrected chi connectivity index (χ1v) is 11.2. The van der Waals surface area contributed by atoms with Crippen molar-refractivity contribution >= 4 is 29.1 Å². The minimum absolute atomic E-state index is 0.0573. The van der Waals surface area contributed by atoms with Crippen LogP contribution in [0.3, 0.4) is 0 Å². The van der Waals surface area contributed by atoms with Crippen LogP contribution in [0, 0.1) is 5.92 Å². The normalized spacial score (nSPS) is 15.9. The molecule has 1 atom stereocenters. The molecule has 0 radical (unpaired) electrons. The number of benzene rings is 1. The van der Waals surface area contributed by atoms with E-state index in [1.165, 1.54) is 16.2 Å². The van der Waals surface area contributed by atoms with Gasteiger partial charge in [0.25, 0.3) is 5.91 Å². The van der Waals surface area contributed by atoms with E-state index in [4.69, 9.17) is 9.47 Å². The van der Waals surface area contributed by atoms with E-state index in [2.05, 4.69) is 4.98 Å². The van der Waals surface area contributed by atoms with Crippen molar-refractivity contribution in [1.82, 2.24) is 14.8 Å². The van der Waals surface area contributed by atoms with E-state index in [-0.39, 0.29) is 30.2 Å². The van der Waals surface area contributed by atoms with E-state index in [9.17, 15) is 14.4 Å². The van der Waals surface area contributed by atoms with E-state index >= 15 is 0 Å². The molecule has 1 fully saturated rings. The van der Waals surface area contributed by atoms with E-state index in [1.54, 1.807) is 48.6 Å². The van der Waals surface area contributed by atoms with Gasteiger partial charge >= 0.3 is 5.97 Å². The molecule has 0 saturated carbocycles. The van der Waals surface area contributed by atoms with Crippen molar-refractivity contribution in [3.63, 3.8) is 0 Å². The fourth-order valence-electron chi connectivity index (χ4n) is 3.44. The summed E-state index contributed by atoms with van der Waals surface area (Å²) in [6, 6.07) is 6.87. The molecule has 1 aliphatic rings. The predicted octanol–water partition coefficient (Wildman–Crippen LogP) is 2.60. The maximum atomic E-state index is 12.8. The van der Waals surface area contributed by atoms with Crippen LogP contribution in [0.1, 0.15) is 35.8 Å². The second kappa shape index (κ2) is 10.9. The number of carbonyl (C=O) groups is 3. The highest BCUT2D eigenvalue weighted by atomic mass is 32.1. The Bertz CT molecular complexity index is 902. The highest BCUT2D eigenvalue weighted by Gasteiger charge is 2.30. The fraction of sp³-hybridized carbons (Fsp3) is 0.455. The molecule has 0 bridgehead atoms. The summed E-state index contributed by atoms with van der Waals surface area (Å²) in [5, 5.41) is 1.90.